The lowest BCUT2D eigenvalue weighted by Gasteiger charge is -2.08. The second-order valence-corrected chi connectivity index (χ2v) is 7.99. The van der Waals surface area contributed by atoms with E-state index in [-0.39, 0.29) is 11.1 Å². The van der Waals surface area contributed by atoms with Gasteiger partial charge in [0.05, 0.1) is 22.4 Å². The van der Waals surface area contributed by atoms with Gasteiger partial charge in [0, 0.05) is 29.7 Å². The Morgan fingerprint density at radius 3 is 2.70 bits per heavy atom. The van der Waals surface area contributed by atoms with E-state index in [1.165, 1.54) is 11.3 Å². The highest BCUT2D eigenvalue weighted by atomic mass is 32.1. The lowest BCUT2D eigenvalue weighted by atomic mass is 10.1. The maximum absolute atomic E-state index is 13.0. The Morgan fingerprint density at radius 1 is 1.20 bits per heavy atom. The van der Waals surface area contributed by atoms with Crippen LogP contribution in [-0.4, -0.2) is 20.6 Å². The van der Waals surface area contributed by atoms with Crippen molar-refractivity contribution in [1.29, 1.82) is 0 Å². The van der Waals surface area contributed by atoms with Gasteiger partial charge in [0.1, 0.15) is 0 Å². The SMILES string of the molecule is Cc1cn(Cc2ccc(C(=O)O)cc2)c(=O)c2cc(C#CCc3cccnc3)sc12. The minimum absolute atomic E-state index is 0.0746. The van der Waals surface area contributed by atoms with Crippen LogP contribution in [0.15, 0.2) is 65.8 Å². The Morgan fingerprint density at radius 2 is 2.00 bits per heavy atom. The summed E-state index contributed by atoms with van der Waals surface area (Å²) in [7, 11) is 0. The molecule has 0 spiro atoms. The molecule has 1 aromatic carbocycles. The number of fused-ring (bicyclic) bond motifs is 1. The van der Waals surface area contributed by atoms with Gasteiger partial charge in [-0.1, -0.05) is 30.0 Å². The molecule has 0 aliphatic heterocycles. The zero-order valence-electron chi connectivity index (χ0n) is 16.3. The number of hydrogen-bond donors (Lipinski definition) is 1. The summed E-state index contributed by atoms with van der Waals surface area (Å²) in [5.41, 5.74) is 3.09. The van der Waals surface area contributed by atoms with Crippen LogP contribution in [-0.2, 0) is 13.0 Å². The summed E-state index contributed by atoms with van der Waals surface area (Å²) in [6, 6.07) is 12.3. The molecule has 0 saturated heterocycles. The Balaban J connectivity index is 1.61. The lowest BCUT2D eigenvalue weighted by Crippen LogP contribution is -2.20. The molecule has 148 valence electrons. The first-order chi connectivity index (χ1) is 14.5. The van der Waals surface area contributed by atoms with Gasteiger partial charge in [-0.3, -0.25) is 9.78 Å². The van der Waals surface area contributed by atoms with Crippen LogP contribution in [0.4, 0.5) is 0 Å². The second kappa shape index (κ2) is 8.36. The first-order valence-corrected chi connectivity index (χ1v) is 10.2. The number of thiophene rings is 1. The number of nitrogens with zero attached hydrogens (tertiary/aromatic N) is 2. The van der Waals surface area contributed by atoms with Crippen molar-refractivity contribution in [3.63, 3.8) is 0 Å². The maximum atomic E-state index is 13.0. The third-order valence-corrected chi connectivity index (χ3v) is 5.90. The minimum Gasteiger partial charge on any atom is -0.478 e. The summed E-state index contributed by atoms with van der Waals surface area (Å²) in [6.45, 7) is 2.36. The molecular formula is C24H18N2O3S. The largest absolute Gasteiger partial charge is 0.478 e. The summed E-state index contributed by atoms with van der Waals surface area (Å²) in [5.74, 6) is 5.34. The summed E-state index contributed by atoms with van der Waals surface area (Å²) < 4.78 is 2.61. The molecule has 0 bridgehead atoms. The predicted octanol–water partition coefficient (Wildman–Crippen LogP) is 4.11. The number of pyridine rings is 2. The van der Waals surface area contributed by atoms with Crippen LogP contribution < -0.4 is 5.56 Å². The van der Waals surface area contributed by atoms with Gasteiger partial charge < -0.3 is 9.67 Å². The van der Waals surface area contributed by atoms with Crippen molar-refractivity contribution in [3.8, 4) is 11.8 Å². The molecule has 0 atom stereocenters. The van der Waals surface area contributed by atoms with E-state index in [4.69, 9.17) is 5.11 Å². The van der Waals surface area contributed by atoms with Gasteiger partial charge in [-0.05, 0) is 47.9 Å². The molecule has 30 heavy (non-hydrogen) atoms. The molecule has 0 aliphatic rings. The fourth-order valence-electron chi connectivity index (χ4n) is 3.21. The predicted molar refractivity (Wildman–Crippen MR) is 118 cm³/mol. The highest BCUT2D eigenvalue weighted by Crippen LogP contribution is 2.25. The average molecular weight is 414 g/mol. The number of aryl methyl sites for hydroxylation is 1. The van der Waals surface area contributed by atoms with E-state index >= 15 is 0 Å². The van der Waals surface area contributed by atoms with Gasteiger partial charge in [-0.2, -0.15) is 0 Å². The van der Waals surface area contributed by atoms with E-state index in [1.807, 2.05) is 31.3 Å². The van der Waals surface area contributed by atoms with E-state index in [2.05, 4.69) is 16.8 Å². The van der Waals surface area contributed by atoms with Crippen molar-refractivity contribution in [2.45, 2.75) is 19.9 Å². The number of carbonyl (C=O) groups is 1. The first kappa shape index (κ1) is 19.6. The number of aromatic carboxylic acids is 1. The molecule has 3 aromatic heterocycles. The molecule has 0 amide bonds. The van der Waals surface area contributed by atoms with Crippen LogP contribution in [0.1, 0.15) is 31.9 Å². The molecule has 0 saturated carbocycles. The molecule has 0 unspecified atom stereocenters. The summed E-state index contributed by atoms with van der Waals surface area (Å²) in [5, 5.41) is 9.68. The summed E-state index contributed by atoms with van der Waals surface area (Å²) in [4.78, 5) is 28.9. The zero-order valence-corrected chi connectivity index (χ0v) is 17.1. The van der Waals surface area contributed by atoms with Crippen LogP contribution in [0.3, 0.4) is 0 Å². The van der Waals surface area contributed by atoms with Crippen LogP contribution >= 0.6 is 11.3 Å². The molecular weight excluding hydrogens is 396 g/mol. The molecule has 0 fully saturated rings. The maximum Gasteiger partial charge on any atom is 0.335 e. The molecule has 4 rings (SSSR count). The van der Waals surface area contributed by atoms with Crippen LogP contribution in [0.5, 0.6) is 0 Å². The van der Waals surface area contributed by atoms with E-state index < -0.39 is 5.97 Å². The fourth-order valence-corrected chi connectivity index (χ4v) is 4.20. The fraction of sp³-hybridized carbons (Fsp3) is 0.125. The molecule has 0 aliphatic carbocycles. The van der Waals surface area contributed by atoms with Gasteiger partial charge >= 0.3 is 5.97 Å². The zero-order chi connectivity index (χ0) is 21.1. The van der Waals surface area contributed by atoms with Crippen LogP contribution in [0, 0.1) is 18.8 Å². The molecule has 1 N–H and O–H groups in total. The molecule has 4 aromatic rings. The molecule has 5 nitrogen and oxygen atoms in total. The van der Waals surface area contributed by atoms with E-state index in [1.54, 1.807) is 41.2 Å². The van der Waals surface area contributed by atoms with E-state index in [0.717, 1.165) is 26.3 Å². The highest BCUT2D eigenvalue weighted by Gasteiger charge is 2.11. The van der Waals surface area contributed by atoms with E-state index in [0.29, 0.717) is 18.4 Å². The highest BCUT2D eigenvalue weighted by molar-refractivity contribution is 7.19. The average Bonchev–Trinajstić information content (AvgIpc) is 3.18. The second-order valence-electron chi connectivity index (χ2n) is 6.94. The van der Waals surface area contributed by atoms with Gasteiger partial charge in [-0.25, -0.2) is 4.79 Å². The third kappa shape index (κ3) is 4.17. The number of carboxylic acids is 1. The van der Waals surface area contributed by atoms with Crippen molar-refractivity contribution < 1.29 is 9.90 Å². The molecule has 0 radical (unpaired) electrons. The van der Waals surface area contributed by atoms with Gasteiger partial charge in [0.2, 0.25) is 0 Å². The van der Waals surface area contributed by atoms with Crippen molar-refractivity contribution in [2.24, 2.45) is 0 Å². The van der Waals surface area contributed by atoms with Gasteiger partial charge in [0.15, 0.2) is 0 Å². The normalized spacial score (nSPS) is 10.6. The number of benzene rings is 1. The van der Waals surface area contributed by atoms with Crippen molar-refractivity contribution in [2.75, 3.05) is 0 Å². The Labute approximate surface area is 177 Å². The molecule has 6 heteroatoms. The monoisotopic (exact) mass is 414 g/mol. The van der Waals surface area contributed by atoms with Crippen molar-refractivity contribution >= 4 is 27.4 Å². The smallest absolute Gasteiger partial charge is 0.335 e. The van der Waals surface area contributed by atoms with E-state index in [9.17, 15) is 9.59 Å². The Bertz CT molecular complexity index is 1340. The standard InChI is InChI=1S/C24H18N2O3S/c1-16-14-26(15-18-7-9-19(10-8-18)24(28)29)23(27)21-12-20(30-22(16)21)6-2-4-17-5-3-11-25-13-17/h3,5,7-14H,4,15H2,1H3,(H,28,29). The number of aromatic nitrogens is 2. The van der Waals surface area contributed by atoms with Gasteiger partial charge in [-0.15, -0.1) is 11.3 Å². The lowest BCUT2D eigenvalue weighted by molar-refractivity contribution is 0.0697. The quantitative estimate of drug-likeness (QED) is 0.510. The van der Waals surface area contributed by atoms with Gasteiger partial charge in [0.25, 0.3) is 5.56 Å². The third-order valence-electron chi connectivity index (χ3n) is 4.71. The minimum atomic E-state index is -0.966. The number of hydrogen-bond acceptors (Lipinski definition) is 4. The topological polar surface area (TPSA) is 72.2 Å². The number of rotatable bonds is 4. The first-order valence-electron chi connectivity index (χ1n) is 9.35. The Hall–Kier alpha value is -3.69. The summed E-state index contributed by atoms with van der Waals surface area (Å²) in [6.07, 6.45) is 5.99. The Kier molecular flexibility index (Phi) is 5.46. The van der Waals surface area contributed by atoms with Crippen molar-refractivity contribution in [3.05, 3.63) is 98.5 Å². The summed E-state index contributed by atoms with van der Waals surface area (Å²) >= 11 is 1.53. The number of carboxylic acid groups (broad SMARTS) is 1. The van der Waals surface area contributed by atoms with Crippen molar-refractivity contribution in [1.82, 2.24) is 9.55 Å². The van der Waals surface area contributed by atoms with Crippen LogP contribution in [0.25, 0.3) is 10.1 Å². The van der Waals surface area contributed by atoms with Crippen LogP contribution in [0.2, 0.25) is 0 Å². The molecule has 3 heterocycles.